The molecule has 0 unspecified atom stereocenters. The number of rotatable bonds is 5. The van der Waals surface area contributed by atoms with Crippen LogP contribution in [0.25, 0.3) is 0 Å². The number of nitrogens with zero attached hydrogens (tertiary/aromatic N) is 1. The summed E-state index contributed by atoms with van der Waals surface area (Å²) in [6.07, 6.45) is 0. The van der Waals surface area contributed by atoms with Crippen molar-refractivity contribution in [2.45, 2.75) is 20.1 Å². The molecule has 0 atom stereocenters. The van der Waals surface area contributed by atoms with Gasteiger partial charge in [0, 0.05) is 6.54 Å². The summed E-state index contributed by atoms with van der Waals surface area (Å²) in [7, 11) is 1.91. The molecule has 18 heavy (non-hydrogen) atoms. The Bertz CT molecular complexity index is 511. The van der Waals surface area contributed by atoms with Gasteiger partial charge in [-0.15, -0.1) is 0 Å². The molecular formula is C15H18N2O. The van der Waals surface area contributed by atoms with Gasteiger partial charge < -0.3 is 10.1 Å². The molecule has 0 saturated heterocycles. The molecule has 0 spiro atoms. The van der Waals surface area contributed by atoms with E-state index < -0.39 is 0 Å². The first-order valence-corrected chi connectivity index (χ1v) is 6.07. The van der Waals surface area contributed by atoms with E-state index in [9.17, 15) is 0 Å². The average Bonchev–Trinajstić information content (AvgIpc) is 2.39. The van der Waals surface area contributed by atoms with Gasteiger partial charge in [0.1, 0.15) is 12.4 Å². The maximum absolute atomic E-state index is 5.77. The molecule has 2 aromatic rings. The predicted octanol–water partition coefficient (Wildman–Crippen LogP) is 2.69. The summed E-state index contributed by atoms with van der Waals surface area (Å²) >= 11 is 0. The molecule has 1 aromatic heterocycles. The average molecular weight is 242 g/mol. The largest absolute Gasteiger partial charge is 0.487 e. The molecule has 2 rings (SSSR count). The zero-order chi connectivity index (χ0) is 12.8. The molecule has 3 nitrogen and oxygen atoms in total. The summed E-state index contributed by atoms with van der Waals surface area (Å²) in [6.45, 7) is 3.32. The fourth-order valence-corrected chi connectivity index (χ4v) is 1.76. The number of hydrogen-bond acceptors (Lipinski definition) is 3. The van der Waals surface area contributed by atoms with Crippen LogP contribution in [0, 0.1) is 6.92 Å². The second kappa shape index (κ2) is 6.17. The molecule has 0 aliphatic carbocycles. The van der Waals surface area contributed by atoms with Gasteiger partial charge in [-0.25, -0.2) is 0 Å². The van der Waals surface area contributed by atoms with Crippen LogP contribution in [-0.2, 0) is 13.2 Å². The van der Waals surface area contributed by atoms with Crippen molar-refractivity contribution in [3.05, 3.63) is 59.4 Å². The Kier molecular flexibility index (Phi) is 4.31. The minimum absolute atomic E-state index is 0.502. The molecule has 3 heteroatoms. The Balaban J connectivity index is 2.02. The fraction of sp³-hybridized carbons (Fsp3) is 0.267. The number of aryl methyl sites for hydroxylation is 1. The van der Waals surface area contributed by atoms with Crippen LogP contribution in [0.4, 0.5) is 0 Å². The Labute approximate surface area is 108 Å². The minimum Gasteiger partial charge on any atom is -0.487 e. The van der Waals surface area contributed by atoms with Gasteiger partial charge in [0.05, 0.1) is 11.4 Å². The highest BCUT2D eigenvalue weighted by Gasteiger charge is 2.01. The van der Waals surface area contributed by atoms with E-state index in [0.717, 1.165) is 29.2 Å². The third kappa shape index (κ3) is 3.31. The third-order valence-corrected chi connectivity index (χ3v) is 2.69. The third-order valence-electron chi connectivity index (χ3n) is 2.69. The van der Waals surface area contributed by atoms with Gasteiger partial charge in [-0.3, -0.25) is 4.98 Å². The summed E-state index contributed by atoms with van der Waals surface area (Å²) in [6, 6.07) is 14.0. The molecule has 1 aromatic carbocycles. The standard InChI is InChI=1S/C15H18N2O/c1-12-6-3-4-9-15(12)18-11-14-8-5-7-13(17-14)10-16-2/h3-9,16H,10-11H2,1-2H3. The number of para-hydroxylation sites is 1. The summed E-state index contributed by atoms with van der Waals surface area (Å²) in [4.78, 5) is 4.52. The van der Waals surface area contributed by atoms with E-state index in [4.69, 9.17) is 4.74 Å². The van der Waals surface area contributed by atoms with Crippen molar-refractivity contribution in [3.8, 4) is 5.75 Å². The first kappa shape index (κ1) is 12.6. The van der Waals surface area contributed by atoms with Crippen molar-refractivity contribution in [1.29, 1.82) is 0 Å². The van der Waals surface area contributed by atoms with Crippen LogP contribution >= 0.6 is 0 Å². The van der Waals surface area contributed by atoms with Crippen LogP contribution in [0.1, 0.15) is 17.0 Å². The highest BCUT2D eigenvalue weighted by Crippen LogP contribution is 2.17. The minimum atomic E-state index is 0.502. The monoisotopic (exact) mass is 242 g/mol. The Morgan fingerprint density at radius 2 is 1.83 bits per heavy atom. The summed E-state index contributed by atoms with van der Waals surface area (Å²) in [5.74, 6) is 0.915. The number of ether oxygens (including phenoxy) is 1. The van der Waals surface area contributed by atoms with Crippen molar-refractivity contribution < 1.29 is 4.74 Å². The van der Waals surface area contributed by atoms with E-state index in [1.165, 1.54) is 0 Å². The van der Waals surface area contributed by atoms with Gasteiger partial charge in [-0.2, -0.15) is 0 Å². The van der Waals surface area contributed by atoms with E-state index in [0.29, 0.717) is 6.61 Å². The Hall–Kier alpha value is -1.87. The number of benzene rings is 1. The Morgan fingerprint density at radius 1 is 1.06 bits per heavy atom. The molecule has 94 valence electrons. The molecule has 0 bridgehead atoms. The van der Waals surface area contributed by atoms with Gasteiger partial charge in [0.2, 0.25) is 0 Å². The molecule has 0 fully saturated rings. The van der Waals surface area contributed by atoms with E-state index in [2.05, 4.69) is 10.3 Å². The number of pyridine rings is 1. The molecule has 0 radical (unpaired) electrons. The first-order valence-electron chi connectivity index (χ1n) is 6.07. The summed E-state index contributed by atoms with van der Waals surface area (Å²) in [5.41, 5.74) is 3.12. The lowest BCUT2D eigenvalue weighted by atomic mass is 10.2. The molecular weight excluding hydrogens is 224 g/mol. The first-order chi connectivity index (χ1) is 8.79. The molecule has 0 amide bonds. The molecule has 0 saturated carbocycles. The number of hydrogen-bond donors (Lipinski definition) is 1. The molecule has 1 N–H and O–H groups in total. The van der Waals surface area contributed by atoms with Gasteiger partial charge in [-0.1, -0.05) is 24.3 Å². The van der Waals surface area contributed by atoms with Crippen molar-refractivity contribution in [2.24, 2.45) is 0 Å². The van der Waals surface area contributed by atoms with E-state index in [1.807, 2.05) is 56.4 Å². The second-order valence-corrected chi connectivity index (χ2v) is 4.20. The van der Waals surface area contributed by atoms with Gasteiger partial charge in [0.25, 0.3) is 0 Å². The van der Waals surface area contributed by atoms with Crippen LogP contribution in [0.5, 0.6) is 5.75 Å². The maximum atomic E-state index is 5.77. The lowest BCUT2D eigenvalue weighted by molar-refractivity contribution is 0.299. The quantitative estimate of drug-likeness (QED) is 0.875. The van der Waals surface area contributed by atoms with Crippen LogP contribution in [0.15, 0.2) is 42.5 Å². The van der Waals surface area contributed by atoms with Crippen molar-refractivity contribution in [2.75, 3.05) is 7.05 Å². The van der Waals surface area contributed by atoms with E-state index in [1.54, 1.807) is 0 Å². The fourth-order valence-electron chi connectivity index (χ4n) is 1.76. The van der Waals surface area contributed by atoms with Crippen LogP contribution < -0.4 is 10.1 Å². The highest BCUT2D eigenvalue weighted by atomic mass is 16.5. The van der Waals surface area contributed by atoms with Gasteiger partial charge >= 0.3 is 0 Å². The summed E-state index contributed by atoms with van der Waals surface area (Å²) in [5, 5.41) is 3.09. The van der Waals surface area contributed by atoms with Crippen LogP contribution in [0.3, 0.4) is 0 Å². The van der Waals surface area contributed by atoms with Gasteiger partial charge in [-0.05, 0) is 37.7 Å². The molecule has 0 aliphatic heterocycles. The van der Waals surface area contributed by atoms with Crippen LogP contribution in [0.2, 0.25) is 0 Å². The second-order valence-electron chi connectivity index (χ2n) is 4.20. The zero-order valence-corrected chi connectivity index (χ0v) is 10.8. The number of aromatic nitrogens is 1. The SMILES string of the molecule is CNCc1cccc(COc2ccccc2C)n1. The predicted molar refractivity (Wildman–Crippen MR) is 72.5 cm³/mol. The molecule has 1 heterocycles. The van der Waals surface area contributed by atoms with Gasteiger partial charge in [0.15, 0.2) is 0 Å². The zero-order valence-electron chi connectivity index (χ0n) is 10.8. The van der Waals surface area contributed by atoms with Crippen molar-refractivity contribution >= 4 is 0 Å². The smallest absolute Gasteiger partial charge is 0.130 e. The van der Waals surface area contributed by atoms with E-state index >= 15 is 0 Å². The van der Waals surface area contributed by atoms with Crippen molar-refractivity contribution in [3.63, 3.8) is 0 Å². The maximum Gasteiger partial charge on any atom is 0.130 e. The lowest BCUT2D eigenvalue weighted by Gasteiger charge is -2.09. The normalized spacial score (nSPS) is 10.3. The summed E-state index contributed by atoms with van der Waals surface area (Å²) < 4.78 is 5.77. The van der Waals surface area contributed by atoms with Crippen LogP contribution in [-0.4, -0.2) is 12.0 Å². The number of nitrogens with one attached hydrogen (secondary N) is 1. The highest BCUT2D eigenvalue weighted by molar-refractivity contribution is 5.31. The lowest BCUT2D eigenvalue weighted by Crippen LogP contribution is -2.08. The Morgan fingerprint density at radius 3 is 2.61 bits per heavy atom. The topological polar surface area (TPSA) is 34.1 Å². The van der Waals surface area contributed by atoms with Crippen molar-refractivity contribution in [1.82, 2.24) is 10.3 Å². The molecule has 0 aliphatic rings. The van der Waals surface area contributed by atoms with E-state index in [-0.39, 0.29) is 0 Å².